The Bertz CT molecular complexity index is 335. The first-order valence-electron chi connectivity index (χ1n) is 6.54. The van der Waals surface area contributed by atoms with Gasteiger partial charge in [-0.2, -0.15) is 0 Å². The molecule has 0 aliphatic carbocycles. The Hall–Kier alpha value is -1.06. The highest BCUT2D eigenvalue weighted by atomic mass is 16.5. The van der Waals surface area contributed by atoms with Crippen LogP contribution in [0.1, 0.15) is 18.9 Å². The van der Waals surface area contributed by atoms with E-state index in [4.69, 9.17) is 4.74 Å². The van der Waals surface area contributed by atoms with Crippen LogP contribution in [0.2, 0.25) is 0 Å². The fourth-order valence-electron chi connectivity index (χ4n) is 2.10. The molecule has 0 amide bonds. The fraction of sp³-hybridized carbons (Fsp3) is 0.571. The van der Waals surface area contributed by atoms with Crippen molar-refractivity contribution < 1.29 is 4.74 Å². The van der Waals surface area contributed by atoms with Crippen LogP contribution in [0.3, 0.4) is 0 Å². The molecule has 94 valence electrons. The Morgan fingerprint density at radius 3 is 2.76 bits per heavy atom. The van der Waals surface area contributed by atoms with Crippen molar-refractivity contribution in [1.29, 1.82) is 0 Å². The molecule has 0 bridgehead atoms. The van der Waals surface area contributed by atoms with Crippen LogP contribution in [0.25, 0.3) is 0 Å². The van der Waals surface area contributed by atoms with E-state index in [0.29, 0.717) is 0 Å². The molecule has 1 N–H and O–H groups in total. The van der Waals surface area contributed by atoms with Gasteiger partial charge in [0.1, 0.15) is 5.75 Å². The summed E-state index contributed by atoms with van der Waals surface area (Å²) in [5, 5.41) is 3.38. The minimum Gasteiger partial charge on any atom is -0.493 e. The van der Waals surface area contributed by atoms with Crippen molar-refractivity contribution >= 4 is 0 Å². The average molecular weight is 234 g/mol. The largest absolute Gasteiger partial charge is 0.493 e. The van der Waals surface area contributed by atoms with E-state index in [1.54, 1.807) is 0 Å². The van der Waals surface area contributed by atoms with Gasteiger partial charge in [0, 0.05) is 38.3 Å². The van der Waals surface area contributed by atoms with E-state index in [1.165, 1.54) is 5.56 Å². The van der Waals surface area contributed by atoms with E-state index in [-0.39, 0.29) is 0 Å². The van der Waals surface area contributed by atoms with Crippen LogP contribution in [0.5, 0.6) is 5.75 Å². The number of ether oxygens (including phenoxy) is 1. The lowest BCUT2D eigenvalue weighted by Gasteiger charge is -2.27. The molecule has 1 aromatic carbocycles. The van der Waals surface area contributed by atoms with Crippen LogP contribution in [-0.2, 0) is 6.54 Å². The van der Waals surface area contributed by atoms with Crippen LogP contribution in [-0.4, -0.2) is 37.7 Å². The number of nitrogens with zero attached hydrogens (tertiary/aromatic N) is 1. The summed E-state index contributed by atoms with van der Waals surface area (Å²) in [6.45, 7) is 8.39. The summed E-state index contributed by atoms with van der Waals surface area (Å²) in [4.78, 5) is 2.48. The molecule has 3 nitrogen and oxygen atoms in total. The van der Waals surface area contributed by atoms with Gasteiger partial charge in [-0.05, 0) is 12.5 Å². The second kappa shape index (κ2) is 6.62. The lowest BCUT2D eigenvalue weighted by molar-refractivity contribution is 0.227. The molecular weight excluding hydrogens is 212 g/mol. The van der Waals surface area contributed by atoms with Gasteiger partial charge in [-0.25, -0.2) is 0 Å². The normalized spacial score (nSPS) is 17.0. The molecule has 17 heavy (non-hydrogen) atoms. The highest BCUT2D eigenvalue weighted by molar-refractivity contribution is 5.33. The van der Waals surface area contributed by atoms with Crippen LogP contribution in [0.15, 0.2) is 24.3 Å². The molecule has 1 fully saturated rings. The first kappa shape index (κ1) is 12.4. The van der Waals surface area contributed by atoms with Crippen LogP contribution in [0.4, 0.5) is 0 Å². The molecule has 0 atom stereocenters. The molecule has 1 aromatic rings. The Balaban J connectivity index is 1.98. The monoisotopic (exact) mass is 234 g/mol. The van der Waals surface area contributed by atoms with Gasteiger partial charge in [-0.3, -0.25) is 4.90 Å². The summed E-state index contributed by atoms with van der Waals surface area (Å²) in [7, 11) is 0. The molecule has 0 saturated carbocycles. The number of hydrogen-bond acceptors (Lipinski definition) is 3. The quantitative estimate of drug-likeness (QED) is 0.842. The molecule has 1 aliphatic heterocycles. The van der Waals surface area contributed by atoms with Gasteiger partial charge in [0.05, 0.1) is 6.61 Å². The third-order valence-corrected chi connectivity index (χ3v) is 3.04. The molecule has 3 heteroatoms. The zero-order chi connectivity index (χ0) is 11.9. The highest BCUT2D eigenvalue weighted by Gasteiger charge is 2.12. The predicted octanol–water partition coefficient (Wildman–Crippen LogP) is 1.88. The minimum atomic E-state index is 0.804. The number of rotatable bonds is 5. The van der Waals surface area contributed by atoms with Crippen molar-refractivity contribution in [3.05, 3.63) is 29.8 Å². The fourth-order valence-corrected chi connectivity index (χ4v) is 2.10. The average Bonchev–Trinajstić information content (AvgIpc) is 2.39. The SMILES string of the molecule is CCCOc1ccccc1CN1CCNCC1. The zero-order valence-electron chi connectivity index (χ0n) is 10.6. The lowest BCUT2D eigenvalue weighted by Crippen LogP contribution is -2.42. The van der Waals surface area contributed by atoms with Crippen molar-refractivity contribution in [3.63, 3.8) is 0 Å². The standard InChI is InChI=1S/C14H22N2O/c1-2-11-17-14-6-4-3-5-13(14)12-16-9-7-15-8-10-16/h3-6,15H,2,7-12H2,1H3. The van der Waals surface area contributed by atoms with Crippen molar-refractivity contribution in [2.45, 2.75) is 19.9 Å². The van der Waals surface area contributed by atoms with Crippen LogP contribution < -0.4 is 10.1 Å². The summed E-state index contributed by atoms with van der Waals surface area (Å²) < 4.78 is 5.79. The van der Waals surface area contributed by atoms with E-state index in [0.717, 1.165) is 51.5 Å². The zero-order valence-corrected chi connectivity index (χ0v) is 10.6. The number of para-hydroxylation sites is 1. The van der Waals surface area contributed by atoms with Gasteiger partial charge in [-0.15, -0.1) is 0 Å². The maximum absolute atomic E-state index is 5.79. The Labute approximate surface area is 104 Å². The van der Waals surface area contributed by atoms with E-state index in [9.17, 15) is 0 Å². The second-order valence-electron chi connectivity index (χ2n) is 4.48. The van der Waals surface area contributed by atoms with Crippen molar-refractivity contribution in [2.24, 2.45) is 0 Å². The van der Waals surface area contributed by atoms with Gasteiger partial charge >= 0.3 is 0 Å². The van der Waals surface area contributed by atoms with Gasteiger partial charge < -0.3 is 10.1 Å². The van der Waals surface area contributed by atoms with Crippen molar-refractivity contribution in [3.8, 4) is 5.75 Å². The van der Waals surface area contributed by atoms with Gasteiger partial charge in [-0.1, -0.05) is 25.1 Å². The van der Waals surface area contributed by atoms with Crippen LogP contribution in [0, 0.1) is 0 Å². The Morgan fingerprint density at radius 2 is 2.00 bits per heavy atom. The molecule has 0 unspecified atom stereocenters. The highest BCUT2D eigenvalue weighted by Crippen LogP contribution is 2.20. The third kappa shape index (κ3) is 3.72. The molecule has 1 heterocycles. The molecule has 0 spiro atoms. The molecule has 1 saturated heterocycles. The summed E-state index contributed by atoms with van der Waals surface area (Å²) in [6, 6.07) is 8.39. The molecule has 1 aliphatic rings. The number of nitrogens with one attached hydrogen (secondary N) is 1. The molecule has 0 aromatic heterocycles. The first-order valence-corrected chi connectivity index (χ1v) is 6.54. The molecule has 0 radical (unpaired) electrons. The van der Waals surface area contributed by atoms with Gasteiger partial charge in [0.2, 0.25) is 0 Å². The van der Waals surface area contributed by atoms with Gasteiger partial charge in [0.15, 0.2) is 0 Å². The number of benzene rings is 1. The van der Waals surface area contributed by atoms with Gasteiger partial charge in [0.25, 0.3) is 0 Å². The maximum Gasteiger partial charge on any atom is 0.123 e. The summed E-state index contributed by atoms with van der Waals surface area (Å²) >= 11 is 0. The molecular formula is C14H22N2O. The Morgan fingerprint density at radius 1 is 1.24 bits per heavy atom. The minimum absolute atomic E-state index is 0.804. The predicted molar refractivity (Wildman–Crippen MR) is 70.4 cm³/mol. The van der Waals surface area contributed by atoms with E-state index >= 15 is 0 Å². The van der Waals surface area contributed by atoms with Crippen molar-refractivity contribution in [2.75, 3.05) is 32.8 Å². The topological polar surface area (TPSA) is 24.5 Å². The lowest BCUT2D eigenvalue weighted by atomic mass is 10.1. The third-order valence-electron chi connectivity index (χ3n) is 3.04. The maximum atomic E-state index is 5.79. The van der Waals surface area contributed by atoms with E-state index < -0.39 is 0 Å². The summed E-state index contributed by atoms with van der Waals surface area (Å²) in [5.74, 6) is 1.05. The summed E-state index contributed by atoms with van der Waals surface area (Å²) in [6.07, 6.45) is 1.06. The number of hydrogen-bond donors (Lipinski definition) is 1. The molecule has 2 rings (SSSR count). The van der Waals surface area contributed by atoms with E-state index in [2.05, 4.69) is 35.3 Å². The number of piperazine rings is 1. The second-order valence-corrected chi connectivity index (χ2v) is 4.48. The summed E-state index contributed by atoms with van der Waals surface area (Å²) in [5.41, 5.74) is 1.31. The Kier molecular flexibility index (Phi) is 4.83. The first-order chi connectivity index (χ1) is 8.40. The van der Waals surface area contributed by atoms with E-state index in [1.807, 2.05) is 6.07 Å². The smallest absolute Gasteiger partial charge is 0.123 e. The van der Waals surface area contributed by atoms with Crippen molar-refractivity contribution in [1.82, 2.24) is 10.2 Å². The van der Waals surface area contributed by atoms with Crippen LogP contribution >= 0.6 is 0 Å².